The number of carbonyl (C=O) groups is 2. The molecular formula is C19H21N3O2. The third-order valence-corrected chi connectivity index (χ3v) is 4.32. The van der Waals surface area contributed by atoms with Crippen LogP contribution in [0.25, 0.3) is 0 Å². The quantitative estimate of drug-likeness (QED) is 0.918. The molecule has 1 aliphatic rings. The molecule has 2 amide bonds. The molecule has 1 unspecified atom stereocenters. The lowest BCUT2D eigenvalue weighted by Gasteiger charge is -2.17. The third kappa shape index (κ3) is 3.62. The van der Waals surface area contributed by atoms with E-state index in [-0.39, 0.29) is 24.2 Å². The molecule has 5 nitrogen and oxygen atoms in total. The molecule has 124 valence electrons. The molecule has 1 fully saturated rings. The molecule has 0 spiro atoms. The van der Waals surface area contributed by atoms with Crippen LogP contribution in [0.5, 0.6) is 0 Å². The summed E-state index contributed by atoms with van der Waals surface area (Å²) in [7, 11) is 0. The number of nitrogens with one attached hydrogen (secondary N) is 1. The predicted molar refractivity (Wildman–Crippen MR) is 92.4 cm³/mol. The second kappa shape index (κ2) is 7.25. The highest BCUT2D eigenvalue weighted by atomic mass is 16.2. The van der Waals surface area contributed by atoms with Gasteiger partial charge in [-0.05, 0) is 36.2 Å². The van der Waals surface area contributed by atoms with Crippen LogP contribution in [0.2, 0.25) is 0 Å². The molecule has 1 atom stereocenters. The number of aromatic nitrogens is 1. The molecule has 24 heavy (non-hydrogen) atoms. The summed E-state index contributed by atoms with van der Waals surface area (Å²) in [6, 6.07) is 13.5. The summed E-state index contributed by atoms with van der Waals surface area (Å²) in [5.41, 5.74) is 2.90. The highest BCUT2D eigenvalue weighted by Gasteiger charge is 2.34. The normalized spacial score (nSPS) is 17.1. The number of hydrogen-bond donors (Lipinski definition) is 1. The fourth-order valence-corrected chi connectivity index (χ4v) is 2.87. The van der Waals surface area contributed by atoms with E-state index in [4.69, 9.17) is 0 Å². The number of carbonyl (C=O) groups excluding carboxylic acids is 2. The maximum absolute atomic E-state index is 12.3. The molecule has 0 saturated carbocycles. The molecule has 0 bridgehead atoms. The van der Waals surface area contributed by atoms with E-state index in [1.54, 1.807) is 11.1 Å². The van der Waals surface area contributed by atoms with Crippen molar-refractivity contribution in [2.75, 3.05) is 11.4 Å². The van der Waals surface area contributed by atoms with E-state index in [2.05, 4.69) is 17.2 Å². The number of amides is 2. The van der Waals surface area contributed by atoms with Crippen LogP contribution in [-0.4, -0.2) is 23.3 Å². The summed E-state index contributed by atoms with van der Waals surface area (Å²) >= 11 is 0. The van der Waals surface area contributed by atoms with E-state index in [1.807, 2.05) is 42.5 Å². The van der Waals surface area contributed by atoms with Crippen molar-refractivity contribution in [1.82, 2.24) is 10.3 Å². The molecule has 2 aromatic rings. The summed E-state index contributed by atoms with van der Waals surface area (Å²) in [6.45, 7) is 2.91. The molecule has 1 saturated heterocycles. The van der Waals surface area contributed by atoms with Gasteiger partial charge >= 0.3 is 0 Å². The maximum atomic E-state index is 12.3. The summed E-state index contributed by atoms with van der Waals surface area (Å²) < 4.78 is 0. The van der Waals surface area contributed by atoms with Crippen molar-refractivity contribution < 1.29 is 9.59 Å². The van der Waals surface area contributed by atoms with Crippen LogP contribution < -0.4 is 10.2 Å². The monoisotopic (exact) mass is 323 g/mol. The fourth-order valence-electron chi connectivity index (χ4n) is 2.87. The fraction of sp³-hybridized carbons (Fsp3) is 0.316. The largest absolute Gasteiger partial charge is 0.350 e. The van der Waals surface area contributed by atoms with Crippen LogP contribution in [-0.2, 0) is 22.6 Å². The molecule has 1 aromatic carbocycles. The van der Waals surface area contributed by atoms with Crippen LogP contribution >= 0.6 is 0 Å². The number of rotatable bonds is 5. The lowest BCUT2D eigenvalue weighted by Crippen LogP contribution is -2.32. The van der Waals surface area contributed by atoms with Gasteiger partial charge in [0, 0.05) is 24.8 Å². The lowest BCUT2D eigenvalue weighted by atomic mass is 10.1. The zero-order valence-electron chi connectivity index (χ0n) is 13.7. The number of anilines is 1. The number of hydrogen-bond acceptors (Lipinski definition) is 3. The van der Waals surface area contributed by atoms with Gasteiger partial charge in [-0.25, -0.2) is 0 Å². The minimum Gasteiger partial charge on any atom is -0.350 e. The Bertz CT molecular complexity index is 713. The highest BCUT2D eigenvalue weighted by molar-refractivity contribution is 6.00. The van der Waals surface area contributed by atoms with Gasteiger partial charge in [0.25, 0.3) is 0 Å². The average Bonchev–Trinajstić information content (AvgIpc) is 3.02. The van der Waals surface area contributed by atoms with Crippen molar-refractivity contribution >= 4 is 17.5 Å². The van der Waals surface area contributed by atoms with Gasteiger partial charge in [-0.1, -0.05) is 25.1 Å². The Morgan fingerprint density at radius 3 is 2.71 bits per heavy atom. The Labute approximate surface area is 141 Å². The van der Waals surface area contributed by atoms with Gasteiger partial charge in [0.15, 0.2) is 0 Å². The first-order valence-electron chi connectivity index (χ1n) is 8.24. The van der Waals surface area contributed by atoms with Crippen LogP contribution in [0.4, 0.5) is 5.69 Å². The second-order valence-corrected chi connectivity index (χ2v) is 5.96. The first-order valence-corrected chi connectivity index (χ1v) is 8.24. The second-order valence-electron chi connectivity index (χ2n) is 5.96. The topological polar surface area (TPSA) is 62.3 Å². The van der Waals surface area contributed by atoms with Crippen molar-refractivity contribution in [3.8, 4) is 0 Å². The Morgan fingerprint density at radius 2 is 2.04 bits per heavy atom. The van der Waals surface area contributed by atoms with Gasteiger partial charge < -0.3 is 10.2 Å². The van der Waals surface area contributed by atoms with Crippen molar-refractivity contribution in [3.63, 3.8) is 0 Å². The van der Waals surface area contributed by atoms with E-state index in [9.17, 15) is 9.59 Å². The first kappa shape index (κ1) is 16.2. The Morgan fingerprint density at radius 1 is 1.25 bits per heavy atom. The third-order valence-electron chi connectivity index (χ3n) is 4.32. The van der Waals surface area contributed by atoms with E-state index >= 15 is 0 Å². The zero-order chi connectivity index (χ0) is 16.9. The van der Waals surface area contributed by atoms with Crippen LogP contribution in [0, 0.1) is 5.92 Å². The van der Waals surface area contributed by atoms with Gasteiger partial charge in [0.2, 0.25) is 11.8 Å². The number of nitrogens with zero attached hydrogens (tertiary/aromatic N) is 2. The van der Waals surface area contributed by atoms with Crippen LogP contribution in [0.1, 0.15) is 24.6 Å². The minimum absolute atomic E-state index is 0.00256. The summed E-state index contributed by atoms with van der Waals surface area (Å²) in [5, 5.41) is 2.87. The maximum Gasteiger partial charge on any atom is 0.227 e. The smallest absolute Gasteiger partial charge is 0.227 e. The Hall–Kier alpha value is -2.69. The molecule has 5 heteroatoms. The van der Waals surface area contributed by atoms with Gasteiger partial charge in [-0.15, -0.1) is 0 Å². The predicted octanol–water partition coefficient (Wildman–Crippen LogP) is 2.31. The number of pyridine rings is 1. The molecular weight excluding hydrogens is 302 g/mol. The van der Waals surface area contributed by atoms with Crippen molar-refractivity contribution in [2.45, 2.75) is 26.3 Å². The van der Waals surface area contributed by atoms with Gasteiger partial charge in [-0.3, -0.25) is 14.6 Å². The zero-order valence-corrected chi connectivity index (χ0v) is 13.7. The van der Waals surface area contributed by atoms with E-state index in [0.29, 0.717) is 13.1 Å². The summed E-state index contributed by atoms with van der Waals surface area (Å²) in [6.07, 6.45) is 2.92. The summed E-state index contributed by atoms with van der Waals surface area (Å²) in [5.74, 6) is -0.411. The number of benzene rings is 1. The molecule has 0 radical (unpaired) electrons. The Kier molecular flexibility index (Phi) is 4.89. The van der Waals surface area contributed by atoms with E-state index < -0.39 is 0 Å². The molecule has 2 heterocycles. The number of aryl methyl sites for hydroxylation is 1. The first-order chi connectivity index (χ1) is 11.7. The van der Waals surface area contributed by atoms with Crippen LogP contribution in [0.15, 0.2) is 48.7 Å². The van der Waals surface area contributed by atoms with Crippen molar-refractivity contribution in [3.05, 3.63) is 59.9 Å². The van der Waals surface area contributed by atoms with E-state index in [0.717, 1.165) is 17.8 Å². The lowest BCUT2D eigenvalue weighted by molar-refractivity contribution is -0.126. The van der Waals surface area contributed by atoms with Crippen molar-refractivity contribution in [2.24, 2.45) is 5.92 Å². The standard InChI is InChI=1S/C19H21N3O2/c1-2-14-6-8-17(9-7-14)22-13-15(11-18(22)23)19(24)21-12-16-5-3-4-10-20-16/h3-10,15H,2,11-13H2,1H3,(H,21,24). The SMILES string of the molecule is CCc1ccc(N2CC(C(=O)NCc3ccccn3)CC2=O)cc1. The van der Waals surface area contributed by atoms with Gasteiger partial charge in [0.1, 0.15) is 0 Å². The molecule has 1 N–H and O–H groups in total. The van der Waals surface area contributed by atoms with Gasteiger partial charge in [-0.2, -0.15) is 0 Å². The molecule has 3 rings (SSSR count). The van der Waals surface area contributed by atoms with Crippen LogP contribution in [0.3, 0.4) is 0 Å². The van der Waals surface area contributed by atoms with Crippen molar-refractivity contribution in [1.29, 1.82) is 0 Å². The molecule has 0 aliphatic carbocycles. The minimum atomic E-state index is -0.313. The molecule has 1 aliphatic heterocycles. The highest BCUT2D eigenvalue weighted by Crippen LogP contribution is 2.25. The molecule has 1 aromatic heterocycles. The average molecular weight is 323 g/mol. The van der Waals surface area contributed by atoms with E-state index in [1.165, 1.54) is 5.56 Å². The van der Waals surface area contributed by atoms with Gasteiger partial charge in [0.05, 0.1) is 18.2 Å². The summed E-state index contributed by atoms with van der Waals surface area (Å²) in [4.78, 5) is 30.5. The Balaban J connectivity index is 1.60.